The maximum Gasteiger partial charge on any atom is 0.227 e. The number of ether oxygens (including phenoxy) is 1. The first-order valence-corrected chi connectivity index (χ1v) is 15.6. The van der Waals surface area contributed by atoms with Crippen LogP contribution in [0, 0.1) is 5.92 Å². The Balaban J connectivity index is 1.19. The first-order chi connectivity index (χ1) is 18.7. The van der Waals surface area contributed by atoms with Crippen molar-refractivity contribution in [2.24, 2.45) is 11.7 Å². The van der Waals surface area contributed by atoms with Crippen molar-refractivity contribution in [1.29, 1.82) is 0 Å². The van der Waals surface area contributed by atoms with E-state index in [1.54, 1.807) is 0 Å². The normalized spacial score (nSPS) is 23.8. The van der Waals surface area contributed by atoms with Gasteiger partial charge < -0.3 is 25.8 Å². The minimum Gasteiger partial charge on any atom is -0.381 e. The lowest BCUT2D eigenvalue weighted by Gasteiger charge is -2.32. The Morgan fingerprint density at radius 1 is 0.947 bits per heavy atom. The van der Waals surface area contributed by atoms with Gasteiger partial charge in [0.2, 0.25) is 5.95 Å². The largest absolute Gasteiger partial charge is 0.381 e. The second-order valence-corrected chi connectivity index (χ2v) is 11.9. The molecule has 3 fully saturated rings. The molecule has 212 valence electrons. The van der Waals surface area contributed by atoms with E-state index in [9.17, 15) is 0 Å². The number of hydrazine groups is 1. The van der Waals surface area contributed by atoms with Crippen LogP contribution < -0.4 is 16.5 Å². The van der Waals surface area contributed by atoms with Crippen molar-refractivity contribution in [3.8, 4) is 0 Å². The molecule has 9 nitrogen and oxygen atoms in total. The number of hydrogen-bond donors (Lipinski definition) is 3. The SMILES string of the molecule is CCCCOCCCCC1CCN(Nc2nc(N[C@H]3CC[C@H](N)CC3)nc3c2ncn3C2CCCC2)CC1. The van der Waals surface area contributed by atoms with Gasteiger partial charge in [0.1, 0.15) is 0 Å². The molecule has 1 saturated heterocycles. The van der Waals surface area contributed by atoms with E-state index in [0.717, 1.165) is 80.8 Å². The zero-order valence-corrected chi connectivity index (χ0v) is 23.5. The third kappa shape index (κ3) is 7.36. The van der Waals surface area contributed by atoms with Crippen molar-refractivity contribution < 1.29 is 4.74 Å². The molecule has 0 spiro atoms. The molecule has 0 amide bonds. The van der Waals surface area contributed by atoms with E-state index in [2.05, 4.69) is 27.2 Å². The number of nitrogens with one attached hydrogen (secondary N) is 2. The van der Waals surface area contributed by atoms with E-state index in [1.807, 2.05) is 6.33 Å². The molecule has 0 aromatic carbocycles. The Labute approximate surface area is 228 Å². The predicted molar refractivity (Wildman–Crippen MR) is 154 cm³/mol. The number of nitrogens with zero attached hydrogens (tertiary/aromatic N) is 5. The number of aromatic nitrogens is 4. The van der Waals surface area contributed by atoms with Crippen molar-refractivity contribution in [3.63, 3.8) is 0 Å². The van der Waals surface area contributed by atoms with Crippen molar-refractivity contribution in [3.05, 3.63) is 6.33 Å². The molecule has 2 aliphatic carbocycles. The monoisotopic (exact) mass is 526 g/mol. The maximum atomic E-state index is 6.14. The second-order valence-electron chi connectivity index (χ2n) is 11.9. The topological polar surface area (TPSA) is 106 Å². The third-order valence-corrected chi connectivity index (χ3v) is 8.92. The van der Waals surface area contributed by atoms with Gasteiger partial charge in [0.05, 0.1) is 6.33 Å². The smallest absolute Gasteiger partial charge is 0.227 e. The number of piperidine rings is 1. The number of hydrogen-bond acceptors (Lipinski definition) is 8. The molecule has 2 saturated carbocycles. The van der Waals surface area contributed by atoms with Gasteiger partial charge in [-0.2, -0.15) is 9.97 Å². The molecule has 0 unspecified atom stereocenters. The number of imidazole rings is 1. The Hall–Kier alpha value is -1.97. The molecular formula is C29H50N8O. The van der Waals surface area contributed by atoms with Crippen LogP contribution in [0.25, 0.3) is 11.2 Å². The molecule has 0 radical (unpaired) electrons. The zero-order chi connectivity index (χ0) is 26.2. The maximum absolute atomic E-state index is 6.14. The fourth-order valence-electron chi connectivity index (χ4n) is 6.42. The fourth-order valence-corrected chi connectivity index (χ4v) is 6.42. The molecule has 9 heteroatoms. The minimum atomic E-state index is 0.333. The van der Waals surface area contributed by atoms with Gasteiger partial charge >= 0.3 is 0 Å². The summed E-state index contributed by atoms with van der Waals surface area (Å²) < 4.78 is 8.03. The lowest BCUT2D eigenvalue weighted by atomic mass is 9.92. The summed E-state index contributed by atoms with van der Waals surface area (Å²) in [6, 6.07) is 1.21. The van der Waals surface area contributed by atoms with Crippen molar-refractivity contribution in [1.82, 2.24) is 24.5 Å². The first-order valence-electron chi connectivity index (χ1n) is 15.6. The van der Waals surface area contributed by atoms with E-state index in [1.165, 1.54) is 70.6 Å². The van der Waals surface area contributed by atoms with Crippen LogP contribution in [0.15, 0.2) is 6.33 Å². The van der Waals surface area contributed by atoms with Crippen LogP contribution in [0.2, 0.25) is 0 Å². The number of nitrogens with two attached hydrogens (primary N) is 1. The summed E-state index contributed by atoms with van der Waals surface area (Å²) in [4.78, 5) is 14.8. The lowest BCUT2D eigenvalue weighted by molar-refractivity contribution is 0.124. The van der Waals surface area contributed by atoms with Gasteiger partial charge in [-0.1, -0.05) is 39.0 Å². The molecule has 1 aliphatic heterocycles. The standard InChI is InChI=1S/C29H50N8O/c1-2-3-19-38-20-7-6-8-22-15-17-36(18-16-22)35-27-26-28(37(21-31-26)25-9-4-5-10-25)34-29(33-27)32-24-13-11-23(30)12-14-24/h21-25H,2-20,30H2,1H3,(H2,32,33,34,35)/t23-,24-. The van der Waals surface area contributed by atoms with Gasteiger partial charge in [0.15, 0.2) is 17.0 Å². The fraction of sp³-hybridized carbons (Fsp3) is 0.828. The average Bonchev–Trinajstić information content (AvgIpc) is 3.61. The summed E-state index contributed by atoms with van der Waals surface area (Å²) in [5.74, 6) is 2.37. The molecule has 0 bridgehead atoms. The molecule has 0 atom stereocenters. The Bertz CT molecular complexity index is 974. The van der Waals surface area contributed by atoms with Gasteiger partial charge in [0, 0.05) is 44.4 Å². The summed E-state index contributed by atoms with van der Waals surface area (Å²) in [6.07, 6.45) is 19.9. The van der Waals surface area contributed by atoms with Crippen LogP contribution in [-0.2, 0) is 4.74 Å². The van der Waals surface area contributed by atoms with Crippen LogP contribution in [0.4, 0.5) is 11.8 Å². The molecule has 4 N–H and O–H groups in total. The van der Waals surface area contributed by atoms with E-state index in [4.69, 9.17) is 25.4 Å². The minimum absolute atomic E-state index is 0.333. The van der Waals surface area contributed by atoms with Crippen molar-refractivity contribution in [2.45, 2.75) is 121 Å². The van der Waals surface area contributed by atoms with Crippen LogP contribution in [0.3, 0.4) is 0 Å². The zero-order valence-electron chi connectivity index (χ0n) is 23.5. The van der Waals surface area contributed by atoms with E-state index in [-0.39, 0.29) is 0 Å². The Kier molecular flexibility index (Phi) is 10.1. The van der Waals surface area contributed by atoms with Crippen LogP contribution >= 0.6 is 0 Å². The number of anilines is 2. The highest BCUT2D eigenvalue weighted by atomic mass is 16.5. The summed E-state index contributed by atoms with van der Waals surface area (Å²) in [5.41, 5.74) is 11.6. The third-order valence-electron chi connectivity index (χ3n) is 8.92. The quantitative estimate of drug-likeness (QED) is 0.288. The molecule has 2 aromatic heterocycles. The number of fused-ring (bicyclic) bond motifs is 1. The van der Waals surface area contributed by atoms with Gasteiger partial charge in [-0.15, -0.1) is 0 Å². The lowest BCUT2D eigenvalue weighted by Crippen LogP contribution is -2.38. The van der Waals surface area contributed by atoms with Crippen LogP contribution in [0.1, 0.15) is 109 Å². The van der Waals surface area contributed by atoms with Crippen molar-refractivity contribution >= 4 is 22.9 Å². The number of rotatable bonds is 13. The van der Waals surface area contributed by atoms with E-state index < -0.39 is 0 Å². The molecule has 2 aromatic rings. The Morgan fingerprint density at radius 3 is 2.47 bits per heavy atom. The molecule has 38 heavy (non-hydrogen) atoms. The summed E-state index contributed by atoms with van der Waals surface area (Å²) in [6.45, 7) is 6.12. The van der Waals surface area contributed by atoms with Crippen LogP contribution in [0.5, 0.6) is 0 Å². The highest BCUT2D eigenvalue weighted by molar-refractivity contribution is 5.84. The van der Waals surface area contributed by atoms with Gasteiger partial charge in [-0.25, -0.2) is 9.99 Å². The molecule has 3 heterocycles. The predicted octanol–water partition coefficient (Wildman–Crippen LogP) is 5.65. The van der Waals surface area contributed by atoms with Gasteiger partial charge in [0.25, 0.3) is 0 Å². The van der Waals surface area contributed by atoms with Crippen LogP contribution in [-0.4, -0.2) is 62.9 Å². The second kappa shape index (κ2) is 13.9. The summed E-state index contributed by atoms with van der Waals surface area (Å²) in [7, 11) is 0. The van der Waals surface area contributed by atoms with E-state index in [0.29, 0.717) is 18.1 Å². The molecule has 3 aliphatic rings. The highest BCUT2D eigenvalue weighted by Crippen LogP contribution is 2.34. The van der Waals surface area contributed by atoms with Gasteiger partial charge in [-0.05, 0) is 70.1 Å². The summed E-state index contributed by atoms with van der Waals surface area (Å²) >= 11 is 0. The van der Waals surface area contributed by atoms with E-state index >= 15 is 0 Å². The number of unbranched alkanes of at least 4 members (excludes halogenated alkanes) is 2. The highest BCUT2D eigenvalue weighted by Gasteiger charge is 2.25. The average molecular weight is 527 g/mol. The molecular weight excluding hydrogens is 476 g/mol. The van der Waals surface area contributed by atoms with Gasteiger partial charge in [-0.3, -0.25) is 0 Å². The molecule has 5 rings (SSSR count). The summed E-state index contributed by atoms with van der Waals surface area (Å²) in [5, 5.41) is 5.98. The Morgan fingerprint density at radius 2 is 1.71 bits per heavy atom. The first kappa shape index (κ1) is 27.6. The van der Waals surface area contributed by atoms with Crippen molar-refractivity contribution in [2.75, 3.05) is 37.0 Å².